The maximum absolute atomic E-state index is 10.9. The van der Waals surface area contributed by atoms with Crippen molar-refractivity contribution in [2.75, 3.05) is 13.6 Å². The number of hydrogen-bond acceptors (Lipinski definition) is 1. The van der Waals surface area contributed by atoms with Gasteiger partial charge in [0.2, 0.25) is 0 Å². The third-order valence-electron chi connectivity index (χ3n) is 3.52. The Morgan fingerprint density at radius 2 is 1.67 bits per heavy atom. The fraction of sp³-hybridized carbons (Fsp3) is 0.917. The molecule has 0 heterocycles. The standard InChI is InChI=1S/C12H26N2O/c1-11(2,3)12(4,5)8-7-9-14-10(15)13-6/h7-9H2,1-6H3,(H2,13,14,15). The van der Waals surface area contributed by atoms with Crippen molar-refractivity contribution in [3.05, 3.63) is 0 Å². The van der Waals surface area contributed by atoms with Crippen molar-refractivity contribution >= 4 is 6.03 Å². The Bertz CT molecular complexity index is 204. The van der Waals surface area contributed by atoms with Crippen LogP contribution in [0.5, 0.6) is 0 Å². The van der Waals surface area contributed by atoms with Crippen LogP contribution < -0.4 is 10.6 Å². The van der Waals surface area contributed by atoms with E-state index in [0.717, 1.165) is 19.4 Å². The van der Waals surface area contributed by atoms with Crippen LogP contribution in [-0.4, -0.2) is 19.6 Å². The number of hydrogen-bond donors (Lipinski definition) is 2. The summed E-state index contributed by atoms with van der Waals surface area (Å²) in [4.78, 5) is 10.9. The molecule has 90 valence electrons. The maximum Gasteiger partial charge on any atom is 0.314 e. The Balaban J connectivity index is 3.82. The summed E-state index contributed by atoms with van der Waals surface area (Å²) >= 11 is 0. The molecule has 0 aromatic carbocycles. The minimum absolute atomic E-state index is 0.0939. The lowest BCUT2D eigenvalue weighted by Gasteiger charge is -2.39. The molecular formula is C12H26N2O. The van der Waals surface area contributed by atoms with Crippen LogP contribution in [-0.2, 0) is 0 Å². The molecule has 0 aromatic rings. The van der Waals surface area contributed by atoms with Gasteiger partial charge in [0.1, 0.15) is 0 Å². The van der Waals surface area contributed by atoms with Crippen LogP contribution in [0.3, 0.4) is 0 Å². The van der Waals surface area contributed by atoms with Crippen LogP contribution in [0.25, 0.3) is 0 Å². The summed E-state index contributed by atoms with van der Waals surface area (Å²) in [5, 5.41) is 5.35. The summed E-state index contributed by atoms with van der Waals surface area (Å²) in [5.74, 6) is 0. The lowest BCUT2D eigenvalue weighted by molar-refractivity contribution is 0.117. The highest BCUT2D eigenvalue weighted by atomic mass is 16.2. The normalized spacial score (nSPS) is 12.4. The van der Waals surface area contributed by atoms with E-state index in [1.165, 1.54) is 0 Å². The highest BCUT2D eigenvalue weighted by molar-refractivity contribution is 5.73. The molecule has 0 atom stereocenters. The maximum atomic E-state index is 10.9. The second kappa shape index (κ2) is 5.38. The van der Waals surface area contributed by atoms with Gasteiger partial charge in [0, 0.05) is 13.6 Å². The van der Waals surface area contributed by atoms with Crippen molar-refractivity contribution < 1.29 is 4.79 Å². The number of carbonyl (C=O) groups is 1. The first-order valence-corrected chi connectivity index (χ1v) is 5.66. The van der Waals surface area contributed by atoms with E-state index in [1.807, 2.05) is 0 Å². The lowest BCUT2D eigenvalue weighted by Crippen LogP contribution is -2.35. The van der Waals surface area contributed by atoms with E-state index in [1.54, 1.807) is 7.05 Å². The van der Waals surface area contributed by atoms with E-state index in [-0.39, 0.29) is 6.03 Å². The van der Waals surface area contributed by atoms with E-state index >= 15 is 0 Å². The fourth-order valence-electron chi connectivity index (χ4n) is 1.20. The van der Waals surface area contributed by atoms with Crippen LogP contribution in [0.2, 0.25) is 0 Å². The van der Waals surface area contributed by atoms with Gasteiger partial charge in [-0.05, 0) is 23.7 Å². The Hall–Kier alpha value is -0.730. The zero-order chi connectivity index (χ0) is 12.1. The zero-order valence-corrected chi connectivity index (χ0v) is 11.0. The molecule has 0 spiro atoms. The molecule has 0 aliphatic rings. The number of nitrogens with one attached hydrogen (secondary N) is 2. The Morgan fingerprint density at radius 3 is 2.07 bits per heavy atom. The van der Waals surface area contributed by atoms with Crippen LogP contribution in [0.4, 0.5) is 4.79 Å². The van der Waals surface area contributed by atoms with Crippen molar-refractivity contribution in [1.29, 1.82) is 0 Å². The molecule has 0 fully saturated rings. The van der Waals surface area contributed by atoms with Crippen molar-refractivity contribution in [2.24, 2.45) is 10.8 Å². The van der Waals surface area contributed by atoms with Gasteiger partial charge < -0.3 is 10.6 Å². The van der Waals surface area contributed by atoms with Gasteiger partial charge in [-0.25, -0.2) is 4.79 Å². The minimum Gasteiger partial charge on any atom is -0.341 e. The molecule has 2 amide bonds. The molecule has 0 saturated carbocycles. The highest BCUT2D eigenvalue weighted by Gasteiger charge is 2.31. The Morgan fingerprint density at radius 1 is 1.13 bits per heavy atom. The van der Waals surface area contributed by atoms with Crippen LogP contribution >= 0.6 is 0 Å². The third kappa shape index (κ3) is 5.05. The van der Waals surface area contributed by atoms with Crippen molar-refractivity contribution in [3.8, 4) is 0 Å². The molecule has 2 N–H and O–H groups in total. The predicted octanol–water partition coefficient (Wildman–Crippen LogP) is 2.77. The molecule has 3 heteroatoms. The van der Waals surface area contributed by atoms with E-state index in [9.17, 15) is 4.79 Å². The molecule has 0 aliphatic heterocycles. The second-order valence-corrected chi connectivity index (χ2v) is 5.74. The third-order valence-corrected chi connectivity index (χ3v) is 3.52. The van der Waals surface area contributed by atoms with Gasteiger partial charge in [-0.2, -0.15) is 0 Å². The molecule has 0 unspecified atom stereocenters. The summed E-state index contributed by atoms with van der Waals surface area (Å²) in [6.07, 6.45) is 2.15. The Labute approximate surface area is 94.0 Å². The van der Waals surface area contributed by atoms with E-state index in [4.69, 9.17) is 0 Å². The van der Waals surface area contributed by atoms with Crippen molar-refractivity contribution in [1.82, 2.24) is 10.6 Å². The van der Waals surface area contributed by atoms with Crippen LogP contribution in [0.15, 0.2) is 0 Å². The monoisotopic (exact) mass is 214 g/mol. The molecule has 0 aliphatic carbocycles. The van der Waals surface area contributed by atoms with E-state index < -0.39 is 0 Å². The fourth-order valence-corrected chi connectivity index (χ4v) is 1.20. The van der Waals surface area contributed by atoms with Gasteiger partial charge in [0.25, 0.3) is 0 Å². The average molecular weight is 214 g/mol. The molecule has 0 aromatic heterocycles. The van der Waals surface area contributed by atoms with E-state index in [2.05, 4.69) is 45.3 Å². The first-order valence-electron chi connectivity index (χ1n) is 5.66. The smallest absolute Gasteiger partial charge is 0.314 e. The largest absolute Gasteiger partial charge is 0.341 e. The average Bonchev–Trinajstić information content (AvgIpc) is 2.10. The SMILES string of the molecule is CNC(=O)NCCCC(C)(C)C(C)(C)C. The minimum atomic E-state index is -0.0939. The topological polar surface area (TPSA) is 41.1 Å². The molecule has 0 bridgehead atoms. The summed E-state index contributed by atoms with van der Waals surface area (Å²) in [7, 11) is 1.63. The molecule has 15 heavy (non-hydrogen) atoms. The number of rotatable bonds is 4. The molecule has 0 radical (unpaired) electrons. The zero-order valence-electron chi connectivity index (χ0n) is 11.0. The van der Waals surface area contributed by atoms with Gasteiger partial charge in [0.05, 0.1) is 0 Å². The molecule has 0 rings (SSSR count). The van der Waals surface area contributed by atoms with Gasteiger partial charge in [0.15, 0.2) is 0 Å². The quantitative estimate of drug-likeness (QED) is 0.694. The first kappa shape index (κ1) is 14.3. The summed E-state index contributed by atoms with van der Waals surface area (Å²) in [5.41, 5.74) is 0.609. The highest BCUT2D eigenvalue weighted by Crippen LogP contribution is 2.41. The number of amides is 2. The first-order chi connectivity index (χ1) is 6.70. The van der Waals surface area contributed by atoms with Crippen LogP contribution in [0.1, 0.15) is 47.5 Å². The number of carbonyl (C=O) groups excluding carboxylic acids is 1. The van der Waals surface area contributed by atoms with Crippen molar-refractivity contribution in [3.63, 3.8) is 0 Å². The second-order valence-electron chi connectivity index (χ2n) is 5.74. The van der Waals surface area contributed by atoms with Crippen LogP contribution in [0, 0.1) is 10.8 Å². The lowest BCUT2D eigenvalue weighted by atomic mass is 9.67. The number of urea groups is 1. The van der Waals surface area contributed by atoms with Gasteiger partial charge in [-0.15, -0.1) is 0 Å². The molecule has 0 saturated heterocycles. The summed E-state index contributed by atoms with van der Waals surface area (Å²) in [6, 6.07) is -0.0939. The molecule has 3 nitrogen and oxygen atoms in total. The molecular weight excluding hydrogens is 188 g/mol. The Kier molecular flexibility index (Phi) is 5.12. The van der Waals surface area contributed by atoms with Gasteiger partial charge >= 0.3 is 6.03 Å². The van der Waals surface area contributed by atoms with Crippen molar-refractivity contribution in [2.45, 2.75) is 47.5 Å². The summed E-state index contributed by atoms with van der Waals surface area (Å²) in [6.45, 7) is 12.1. The van der Waals surface area contributed by atoms with Gasteiger partial charge in [-0.1, -0.05) is 34.6 Å². The van der Waals surface area contributed by atoms with Gasteiger partial charge in [-0.3, -0.25) is 0 Å². The van der Waals surface area contributed by atoms with E-state index in [0.29, 0.717) is 10.8 Å². The predicted molar refractivity (Wildman–Crippen MR) is 64.9 cm³/mol. The summed E-state index contributed by atoms with van der Waals surface area (Å²) < 4.78 is 0.